The molecule has 0 aliphatic carbocycles. The number of anilines is 1. The molecule has 3 heteroatoms. The Morgan fingerprint density at radius 1 is 1.05 bits per heavy atom. The Kier molecular flexibility index (Phi) is 4.18. The van der Waals surface area contributed by atoms with Gasteiger partial charge in [-0.15, -0.1) is 0 Å². The molecule has 0 bridgehead atoms. The van der Waals surface area contributed by atoms with E-state index in [1.807, 2.05) is 30.3 Å². The third-order valence-electron chi connectivity index (χ3n) is 3.84. The van der Waals surface area contributed by atoms with Crippen LogP contribution in [0.4, 0.5) is 5.69 Å². The fourth-order valence-electron chi connectivity index (χ4n) is 2.70. The van der Waals surface area contributed by atoms with Crippen LogP contribution in [0, 0.1) is 11.3 Å². The van der Waals surface area contributed by atoms with Crippen molar-refractivity contribution < 1.29 is 4.74 Å². The van der Waals surface area contributed by atoms with Crippen molar-refractivity contribution in [2.45, 2.75) is 25.0 Å². The van der Waals surface area contributed by atoms with Gasteiger partial charge in [-0.25, -0.2) is 0 Å². The van der Waals surface area contributed by atoms with E-state index in [9.17, 15) is 0 Å². The summed E-state index contributed by atoms with van der Waals surface area (Å²) < 4.78 is 5.89. The van der Waals surface area contributed by atoms with Crippen molar-refractivity contribution >= 4 is 5.69 Å². The van der Waals surface area contributed by atoms with E-state index < -0.39 is 0 Å². The minimum Gasteiger partial charge on any atom is -0.382 e. The molecule has 0 spiro atoms. The highest BCUT2D eigenvalue weighted by Crippen LogP contribution is 2.29. The topological polar surface area (TPSA) is 45.0 Å². The number of benzene rings is 2. The van der Waals surface area contributed by atoms with Gasteiger partial charge >= 0.3 is 0 Å². The third-order valence-corrected chi connectivity index (χ3v) is 3.84. The first-order valence-electron chi connectivity index (χ1n) is 7.28. The number of nitrogens with zero attached hydrogens (tertiary/aromatic N) is 1. The fourth-order valence-corrected chi connectivity index (χ4v) is 2.70. The zero-order chi connectivity index (χ0) is 14.5. The van der Waals surface area contributed by atoms with Crippen molar-refractivity contribution in [3.05, 3.63) is 65.7 Å². The SMILES string of the molecule is N#Cc1ccc(N[C@@H]2CCO[C@H](c3ccccc3)C2)cc1. The van der Waals surface area contributed by atoms with E-state index in [1.165, 1.54) is 5.56 Å². The predicted molar refractivity (Wildman–Crippen MR) is 82.9 cm³/mol. The summed E-state index contributed by atoms with van der Waals surface area (Å²) in [6.45, 7) is 0.771. The zero-order valence-corrected chi connectivity index (χ0v) is 11.8. The number of hydrogen-bond donors (Lipinski definition) is 1. The molecular weight excluding hydrogens is 260 g/mol. The van der Waals surface area contributed by atoms with Gasteiger partial charge in [0.2, 0.25) is 0 Å². The Morgan fingerprint density at radius 2 is 1.81 bits per heavy atom. The van der Waals surface area contributed by atoms with Gasteiger partial charge in [0.15, 0.2) is 0 Å². The van der Waals surface area contributed by atoms with Crippen molar-refractivity contribution in [2.75, 3.05) is 11.9 Å². The normalized spacial score (nSPS) is 21.5. The van der Waals surface area contributed by atoms with Crippen molar-refractivity contribution in [1.29, 1.82) is 5.26 Å². The van der Waals surface area contributed by atoms with Gasteiger partial charge in [0.1, 0.15) is 0 Å². The first-order chi connectivity index (χ1) is 10.3. The molecule has 1 heterocycles. The van der Waals surface area contributed by atoms with E-state index in [0.717, 1.165) is 25.1 Å². The molecule has 0 aromatic heterocycles. The molecule has 1 saturated heterocycles. The summed E-state index contributed by atoms with van der Waals surface area (Å²) in [6.07, 6.45) is 2.13. The van der Waals surface area contributed by atoms with Gasteiger partial charge in [0.25, 0.3) is 0 Å². The molecule has 1 N–H and O–H groups in total. The lowest BCUT2D eigenvalue weighted by Gasteiger charge is -2.31. The standard InChI is InChI=1S/C18H18N2O/c19-13-14-6-8-16(9-7-14)20-17-10-11-21-18(12-17)15-4-2-1-3-5-15/h1-9,17-18,20H,10-12H2/t17-,18+/m1/s1. The van der Waals surface area contributed by atoms with Crippen LogP contribution in [-0.4, -0.2) is 12.6 Å². The summed E-state index contributed by atoms with van der Waals surface area (Å²) in [6, 6.07) is 20.5. The molecule has 3 nitrogen and oxygen atoms in total. The van der Waals surface area contributed by atoms with Crippen molar-refractivity contribution in [1.82, 2.24) is 0 Å². The second-order valence-corrected chi connectivity index (χ2v) is 5.32. The van der Waals surface area contributed by atoms with Gasteiger partial charge < -0.3 is 10.1 Å². The lowest BCUT2D eigenvalue weighted by atomic mass is 9.97. The van der Waals surface area contributed by atoms with E-state index >= 15 is 0 Å². The molecule has 1 aliphatic rings. The van der Waals surface area contributed by atoms with Crippen LogP contribution in [0.25, 0.3) is 0 Å². The zero-order valence-electron chi connectivity index (χ0n) is 11.8. The molecule has 0 radical (unpaired) electrons. The summed E-state index contributed by atoms with van der Waals surface area (Å²) in [5, 5.41) is 12.4. The summed E-state index contributed by atoms with van der Waals surface area (Å²) in [7, 11) is 0. The minimum absolute atomic E-state index is 0.163. The van der Waals surface area contributed by atoms with Gasteiger partial charge in [-0.1, -0.05) is 30.3 Å². The molecule has 2 aromatic carbocycles. The summed E-state index contributed by atoms with van der Waals surface area (Å²) in [5.74, 6) is 0. The number of hydrogen-bond acceptors (Lipinski definition) is 3. The van der Waals surface area contributed by atoms with E-state index in [-0.39, 0.29) is 6.10 Å². The average Bonchev–Trinajstić information content (AvgIpc) is 2.57. The number of ether oxygens (including phenoxy) is 1. The second kappa shape index (κ2) is 6.43. The van der Waals surface area contributed by atoms with Crippen LogP contribution in [0.1, 0.15) is 30.1 Å². The lowest BCUT2D eigenvalue weighted by Crippen LogP contribution is -2.30. The minimum atomic E-state index is 0.163. The molecule has 2 aromatic rings. The van der Waals surface area contributed by atoms with Gasteiger partial charge in [-0.05, 0) is 42.7 Å². The second-order valence-electron chi connectivity index (χ2n) is 5.32. The largest absolute Gasteiger partial charge is 0.382 e. The van der Waals surface area contributed by atoms with Crippen LogP contribution in [0.3, 0.4) is 0 Å². The highest BCUT2D eigenvalue weighted by Gasteiger charge is 2.23. The Morgan fingerprint density at radius 3 is 2.52 bits per heavy atom. The summed E-state index contributed by atoms with van der Waals surface area (Å²) >= 11 is 0. The van der Waals surface area contributed by atoms with Crippen LogP contribution in [0.5, 0.6) is 0 Å². The first kappa shape index (κ1) is 13.7. The van der Waals surface area contributed by atoms with Crippen LogP contribution in [0.2, 0.25) is 0 Å². The predicted octanol–water partition coefficient (Wildman–Crippen LogP) is 3.89. The molecular formula is C18H18N2O. The van der Waals surface area contributed by atoms with E-state index in [1.54, 1.807) is 0 Å². The van der Waals surface area contributed by atoms with Crippen LogP contribution < -0.4 is 5.32 Å². The highest BCUT2D eigenvalue weighted by atomic mass is 16.5. The Labute approximate surface area is 125 Å². The third kappa shape index (κ3) is 3.42. The number of rotatable bonds is 3. The first-order valence-corrected chi connectivity index (χ1v) is 7.28. The quantitative estimate of drug-likeness (QED) is 0.926. The van der Waals surface area contributed by atoms with Crippen molar-refractivity contribution in [3.63, 3.8) is 0 Å². The molecule has 106 valence electrons. The Bertz CT molecular complexity index is 616. The summed E-state index contributed by atoms with van der Waals surface area (Å²) in [4.78, 5) is 0. The maximum Gasteiger partial charge on any atom is 0.0991 e. The monoisotopic (exact) mass is 278 g/mol. The fraction of sp³-hybridized carbons (Fsp3) is 0.278. The molecule has 1 fully saturated rings. The molecule has 0 unspecified atom stereocenters. The van der Waals surface area contributed by atoms with Gasteiger partial charge in [0.05, 0.1) is 17.7 Å². The molecule has 0 saturated carbocycles. The van der Waals surface area contributed by atoms with Gasteiger partial charge in [-0.3, -0.25) is 0 Å². The van der Waals surface area contributed by atoms with Gasteiger partial charge in [-0.2, -0.15) is 5.26 Å². The molecule has 0 amide bonds. The van der Waals surface area contributed by atoms with E-state index in [4.69, 9.17) is 10.00 Å². The molecule has 1 aliphatic heterocycles. The van der Waals surface area contributed by atoms with E-state index in [0.29, 0.717) is 11.6 Å². The highest BCUT2D eigenvalue weighted by molar-refractivity contribution is 5.48. The summed E-state index contributed by atoms with van der Waals surface area (Å²) in [5.41, 5.74) is 2.99. The maximum absolute atomic E-state index is 8.82. The Hall–Kier alpha value is -2.31. The van der Waals surface area contributed by atoms with Crippen molar-refractivity contribution in [2.24, 2.45) is 0 Å². The number of nitriles is 1. The average molecular weight is 278 g/mol. The van der Waals surface area contributed by atoms with Crippen molar-refractivity contribution in [3.8, 4) is 6.07 Å². The molecule has 3 rings (SSSR count). The maximum atomic E-state index is 8.82. The lowest BCUT2D eigenvalue weighted by molar-refractivity contribution is 0.00980. The number of nitrogens with one attached hydrogen (secondary N) is 1. The van der Waals surface area contributed by atoms with Gasteiger partial charge in [0, 0.05) is 18.3 Å². The Balaban J connectivity index is 1.64. The molecule has 2 atom stereocenters. The van der Waals surface area contributed by atoms with Crippen LogP contribution >= 0.6 is 0 Å². The van der Waals surface area contributed by atoms with Crippen LogP contribution in [-0.2, 0) is 4.74 Å². The van der Waals surface area contributed by atoms with E-state index in [2.05, 4.69) is 35.7 Å². The smallest absolute Gasteiger partial charge is 0.0991 e. The molecule has 21 heavy (non-hydrogen) atoms. The van der Waals surface area contributed by atoms with Crippen LogP contribution in [0.15, 0.2) is 54.6 Å².